The molecule has 2 fully saturated rings. The van der Waals surface area contributed by atoms with E-state index >= 15 is 0 Å². The maximum absolute atomic E-state index is 12.8. The summed E-state index contributed by atoms with van der Waals surface area (Å²) in [6.45, 7) is 9.05. The molecule has 4 atom stereocenters. The van der Waals surface area contributed by atoms with Crippen molar-refractivity contribution in [3.63, 3.8) is 0 Å². The average molecular weight is 319 g/mol. The van der Waals surface area contributed by atoms with Crippen molar-refractivity contribution in [3.05, 3.63) is 0 Å². The minimum atomic E-state index is 0.355. The van der Waals surface area contributed by atoms with E-state index < -0.39 is 0 Å². The summed E-state index contributed by atoms with van der Waals surface area (Å²) in [5.74, 6) is 3.29. The van der Waals surface area contributed by atoms with E-state index in [9.17, 15) is 4.79 Å². The van der Waals surface area contributed by atoms with E-state index in [1.54, 1.807) is 0 Å². The summed E-state index contributed by atoms with van der Waals surface area (Å²) < 4.78 is 0. The predicted octanol–water partition coefficient (Wildman–Crippen LogP) is 4.44. The second kappa shape index (κ2) is 8.58. The average Bonchev–Trinajstić information content (AvgIpc) is 2.44. The molecule has 1 saturated heterocycles. The molecule has 2 rings (SSSR count). The number of piperidine rings is 1. The minimum Gasteiger partial charge on any atom is -0.337 e. The van der Waals surface area contributed by atoms with Crippen molar-refractivity contribution in [1.82, 2.24) is 4.90 Å². The van der Waals surface area contributed by atoms with Gasteiger partial charge in [0.2, 0.25) is 5.91 Å². The minimum absolute atomic E-state index is 0.355. The summed E-state index contributed by atoms with van der Waals surface area (Å²) in [5, 5.41) is 0. The first kappa shape index (κ1) is 18.9. The maximum Gasteiger partial charge on any atom is 0.223 e. The zero-order chi connectivity index (χ0) is 17.0. The van der Waals surface area contributed by atoms with Gasteiger partial charge in [-0.05, 0) is 44.4 Å². The zero-order valence-corrected chi connectivity index (χ0v) is 16.2. The van der Waals surface area contributed by atoms with Crippen molar-refractivity contribution in [3.8, 4) is 0 Å². The Morgan fingerprint density at radius 2 is 1.74 bits per heavy atom. The molecule has 23 heavy (non-hydrogen) atoms. The first-order valence-corrected chi connectivity index (χ1v) is 10.2. The fourth-order valence-corrected chi connectivity index (χ4v) is 5.21. The lowest BCUT2D eigenvalue weighted by atomic mass is 9.65. The van der Waals surface area contributed by atoms with Crippen LogP contribution in [0, 0.1) is 17.8 Å². The molecule has 3 heteroatoms. The summed E-state index contributed by atoms with van der Waals surface area (Å²) in [7, 11) is 2.45. The van der Waals surface area contributed by atoms with Gasteiger partial charge in [0.15, 0.2) is 0 Å². The third kappa shape index (κ3) is 5.00. The normalized spacial score (nSPS) is 33.8. The van der Waals surface area contributed by atoms with Gasteiger partial charge in [0.05, 0.1) is 0 Å². The largest absolute Gasteiger partial charge is 0.337 e. The van der Waals surface area contributed by atoms with Crippen LogP contribution >= 0.6 is 0 Å². The summed E-state index contributed by atoms with van der Waals surface area (Å²) in [6, 6.07) is 0.855. The van der Waals surface area contributed by atoms with E-state index in [2.05, 4.69) is 40.4 Å². The molecule has 0 bridgehead atoms. The molecule has 1 amide bonds. The molecule has 1 aliphatic heterocycles. The number of amides is 1. The Hall–Kier alpha value is -0.465. The van der Waals surface area contributed by atoms with Crippen molar-refractivity contribution in [2.24, 2.45) is 17.8 Å². The summed E-state index contributed by atoms with van der Waals surface area (Å²) in [6.07, 6.45) is 11.4. The van der Waals surface area contributed by atoms with E-state index in [1.165, 1.54) is 51.4 Å². The van der Waals surface area contributed by atoms with Crippen LogP contribution < -0.4 is 0 Å². The van der Waals surface area contributed by atoms with Crippen LogP contribution in [0.1, 0.15) is 85.5 Å². The van der Waals surface area contributed by atoms with Crippen molar-refractivity contribution in [2.75, 3.05) is 0 Å². The quantitative estimate of drug-likeness (QED) is 0.704. The summed E-state index contributed by atoms with van der Waals surface area (Å²) in [5.41, 5.74) is 0. The predicted molar refractivity (Wildman–Crippen MR) is 101 cm³/mol. The summed E-state index contributed by atoms with van der Waals surface area (Å²) in [4.78, 5) is 15.1. The molecule has 0 aromatic rings. The first-order chi connectivity index (χ1) is 10.9. The van der Waals surface area contributed by atoms with E-state index in [0.717, 1.165) is 18.2 Å². The van der Waals surface area contributed by atoms with Gasteiger partial charge >= 0.3 is 0 Å². The molecule has 0 N–H and O–H groups in total. The smallest absolute Gasteiger partial charge is 0.223 e. The fraction of sp³-hybridized carbons (Fsp3) is 0.950. The Balaban J connectivity index is 2.26. The van der Waals surface area contributed by atoms with Gasteiger partial charge in [-0.3, -0.25) is 4.79 Å². The number of fused-ring (bicyclic) bond motifs is 1. The van der Waals surface area contributed by atoms with Crippen LogP contribution in [0.5, 0.6) is 0 Å². The molecule has 132 valence electrons. The highest BCUT2D eigenvalue weighted by atomic mass is 16.2. The van der Waals surface area contributed by atoms with Crippen molar-refractivity contribution in [2.45, 2.75) is 103 Å². The fourth-order valence-electron chi connectivity index (χ4n) is 5.21. The van der Waals surface area contributed by atoms with E-state index in [-0.39, 0.29) is 0 Å². The van der Waals surface area contributed by atoms with Crippen LogP contribution in [0.4, 0.5) is 0 Å². The van der Waals surface area contributed by atoms with Crippen molar-refractivity contribution < 1.29 is 4.79 Å². The molecule has 0 radical (unpaired) electrons. The Morgan fingerprint density at radius 1 is 1.09 bits per heavy atom. The van der Waals surface area contributed by atoms with Gasteiger partial charge in [-0.15, -0.1) is 0 Å². The molecule has 2 nitrogen and oxygen atoms in total. The van der Waals surface area contributed by atoms with Crippen molar-refractivity contribution >= 4 is 13.8 Å². The Morgan fingerprint density at radius 3 is 2.35 bits per heavy atom. The van der Waals surface area contributed by atoms with E-state index in [4.69, 9.17) is 0 Å². The third-order valence-electron chi connectivity index (χ3n) is 6.13. The molecule has 4 unspecified atom stereocenters. The second-order valence-corrected chi connectivity index (χ2v) is 9.05. The zero-order valence-electron chi connectivity index (χ0n) is 16.2. The van der Waals surface area contributed by atoms with Gasteiger partial charge in [-0.25, -0.2) is 0 Å². The third-order valence-corrected chi connectivity index (χ3v) is 6.13. The standard InChI is InChI=1S/C20H38BNO/c1-14(2)11-16-12-20(23)22(15(3)4)19-10-8-6-5-7-9-17(21)13-18(16)19/h14-19H,5-13,21H2,1-4H3. The molecule has 1 heterocycles. The Bertz CT molecular complexity index is 382. The van der Waals surface area contributed by atoms with Gasteiger partial charge in [0.1, 0.15) is 7.85 Å². The number of likely N-dealkylation sites (tertiary alicyclic amines) is 1. The van der Waals surface area contributed by atoms with Gasteiger partial charge in [0, 0.05) is 18.5 Å². The van der Waals surface area contributed by atoms with Gasteiger partial charge < -0.3 is 4.90 Å². The summed E-state index contributed by atoms with van der Waals surface area (Å²) >= 11 is 0. The van der Waals surface area contributed by atoms with Gasteiger partial charge in [-0.1, -0.05) is 58.2 Å². The number of nitrogens with zero attached hydrogens (tertiary/aromatic N) is 1. The number of hydrogen-bond acceptors (Lipinski definition) is 1. The molecule has 2 aliphatic rings. The molecular weight excluding hydrogens is 281 g/mol. The van der Waals surface area contributed by atoms with Crippen LogP contribution in [0.25, 0.3) is 0 Å². The van der Waals surface area contributed by atoms with Crippen LogP contribution in [0.3, 0.4) is 0 Å². The number of hydrogen-bond donors (Lipinski definition) is 0. The topological polar surface area (TPSA) is 20.3 Å². The molecule has 0 aromatic heterocycles. The Labute approximate surface area is 145 Å². The molecule has 1 saturated carbocycles. The number of carbonyl (C=O) groups is 1. The lowest BCUT2D eigenvalue weighted by molar-refractivity contribution is -0.145. The molecular formula is C20H38BNO. The highest BCUT2D eigenvalue weighted by Crippen LogP contribution is 2.42. The lowest BCUT2D eigenvalue weighted by Gasteiger charge is -2.49. The van der Waals surface area contributed by atoms with Crippen LogP contribution in [-0.4, -0.2) is 30.7 Å². The van der Waals surface area contributed by atoms with Crippen LogP contribution in [-0.2, 0) is 4.79 Å². The monoisotopic (exact) mass is 319 g/mol. The molecule has 1 aliphatic carbocycles. The second-order valence-electron chi connectivity index (χ2n) is 9.05. The highest BCUT2D eigenvalue weighted by Gasteiger charge is 2.42. The number of rotatable bonds is 3. The number of carbonyl (C=O) groups excluding carboxylic acids is 1. The first-order valence-electron chi connectivity index (χ1n) is 10.2. The van der Waals surface area contributed by atoms with Gasteiger partial charge in [-0.2, -0.15) is 0 Å². The molecule has 0 spiro atoms. The lowest BCUT2D eigenvalue weighted by Crippen LogP contribution is -2.55. The van der Waals surface area contributed by atoms with E-state index in [0.29, 0.717) is 29.8 Å². The van der Waals surface area contributed by atoms with Crippen LogP contribution in [0.2, 0.25) is 5.82 Å². The molecule has 0 aromatic carbocycles. The van der Waals surface area contributed by atoms with E-state index in [1.807, 2.05) is 0 Å². The highest BCUT2D eigenvalue weighted by molar-refractivity contribution is 6.11. The SMILES string of the molecule is BC1CCCCCCC2C(C1)C(CC(C)C)CC(=O)N2C(C)C. The Kier molecular flexibility index (Phi) is 7.04. The maximum atomic E-state index is 12.8. The van der Waals surface area contributed by atoms with Gasteiger partial charge in [0.25, 0.3) is 0 Å². The van der Waals surface area contributed by atoms with Crippen molar-refractivity contribution in [1.29, 1.82) is 0 Å². The van der Waals surface area contributed by atoms with Crippen LogP contribution in [0.15, 0.2) is 0 Å².